The quantitative estimate of drug-likeness (QED) is 0.361. The fourth-order valence-electron chi connectivity index (χ4n) is 3.46. The molecule has 1 saturated heterocycles. The van der Waals surface area contributed by atoms with Crippen molar-refractivity contribution in [2.75, 3.05) is 0 Å². The van der Waals surface area contributed by atoms with E-state index in [1.165, 1.54) is 0 Å². The molecule has 0 aromatic rings. The molecule has 0 saturated carbocycles. The van der Waals surface area contributed by atoms with Gasteiger partial charge in [0.2, 0.25) is 0 Å². The van der Waals surface area contributed by atoms with Crippen molar-refractivity contribution in [1.29, 1.82) is 0 Å². The molecule has 6 heteroatoms. The van der Waals surface area contributed by atoms with E-state index in [1.807, 2.05) is 13.8 Å². The minimum Gasteiger partial charge on any atom is -0.411 e. The molecule has 1 fully saturated rings. The Hall–Kier alpha value is 0.0138. The van der Waals surface area contributed by atoms with Gasteiger partial charge in [-0.2, -0.15) is 0 Å². The van der Waals surface area contributed by atoms with E-state index >= 15 is 0 Å². The van der Waals surface area contributed by atoms with Gasteiger partial charge in [0.05, 0.1) is 12.2 Å². The second-order valence-electron chi connectivity index (χ2n) is 12.3. The molecule has 2 rings (SSSR count). The molecule has 2 aliphatic rings. The number of ether oxygens (including phenoxy) is 2. The zero-order valence-corrected chi connectivity index (χ0v) is 23.0. The lowest BCUT2D eigenvalue weighted by molar-refractivity contribution is -0.158. The van der Waals surface area contributed by atoms with E-state index in [2.05, 4.69) is 79.9 Å². The first-order valence-corrected chi connectivity index (χ1v) is 17.0. The van der Waals surface area contributed by atoms with Crippen LogP contribution in [0.15, 0.2) is 12.2 Å². The molecule has 0 aromatic carbocycles. The predicted octanol–water partition coefficient (Wildman–Crippen LogP) is 6.64. The van der Waals surface area contributed by atoms with Gasteiger partial charge in [0.1, 0.15) is 12.2 Å². The van der Waals surface area contributed by atoms with Crippen molar-refractivity contribution < 1.29 is 18.3 Å². The zero-order valence-electron chi connectivity index (χ0n) is 21.0. The molecule has 1 aliphatic carbocycles. The van der Waals surface area contributed by atoms with Crippen LogP contribution in [-0.4, -0.2) is 46.8 Å². The Labute approximate surface area is 182 Å². The molecule has 0 spiro atoms. The smallest absolute Gasteiger partial charge is 0.192 e. The maximum absolute atomic E-state index is 6.87. The van der Waals surface area contributed by atoms with Gasteiger partial charge >= 0.3 is 0 Å². The van der Waals surface area contributed by atoms with Gasteiger partial charge in [-0.15, -0.1) is 0 Å². The van der Waals surface area contributed by atoms with Crippen LogP contribution in [0.2, 0.25) is 36.3 Å². The van der Waals surface area contributed by atoms with Crippen molar-refractivity contribution in [3.63, 3.8) is 0 Å². The molecule has 1 aliphatic heterocycles. The van der Waals surface area contributed by atoms with E-state index in [9.17, 15) is 0 Å². The Kier molecular flexibility index (Phi) is 7.12. The van der Waals surface area contributed by atoms with Crippen molar-refractivity contribution in [3.05, 3.63) is 12.2 Å². The summed E-state index contributed by atoms with van der Waals surface area (Å²) < 4.78 is 26.7. The van der Waals surface area contributed by atoms with E-state index in [0.717, 1.165) is 12.8 Å². The lowest BCUT2D eigenvalue weighted by atomic mass is 9.96. The topological polar surface area (TPSA) is 36.9 Å². The third-order valence-electron chi connectivity index (χ3n) is 7.30. The van der Waals surface area contributed by atoms with E-state index in [4.69, 9.17) is 18.3 Å². The van der Waals surface area contributed by atoms with Gasteiger partial charge in [0, 0.05) is 0 Å². The maximum atomic E-state index is 6.87. The molecule has 4 nitrogen and oxygen atoms in total. The Morgan fingerprint density at radius 1 is 0.724 bits per heavy atom. The van der Waals surface area contributed by atoms with Crippen LogP contribution in [0.5, 0.6) is 0 Å². The average molecular weight is 443 g/mol. The average Bonchev–Trinajstić information content (AvgIpc) is 2.80. The first kappa shape index (κ1) is 25.3. The van der Waals surface area contributed by atoms with Crippen LogP contribution in [0.3, 0.4) is 0 Å². The highest BCUT2D eigenvalue weighted by Gasteiger charge is 2.53. The molecule has 0 amide bonds. The van der Waals surface area contributed by atoms with Gasteiger partial charge in [-0.05, 0) is 63.0 Å². The molecule has 4 atom stereocenters. The van der Waals surface area contributed by atoms with Crippen LogP contribution in [0.4, 0.5) is 0 Å². The SMILES string of the molecule is CC1(C)O[C@H]2[C@H](O1)[C@H](O[Si](C)(C)C(C)(C)C)C/C=C\C[C@H]2O[Si](C)(C)C(C)(C)C. The monoisotopic (exact) mass is 442 g/mol. The molecule has 170 valence electrons. The minimum absolute atomic E-state index is 0.00951. The predicted molar refractivity (Wildman–Crippen MR) is 126 cm³/mol. The molecular formula is C23H46O4Si2. The first-order chi connectivity index (χ1) is 12.9. The fraction of sp³-hybridized carbons (Fsp3) is 0.913. The van der Waals surface area contributed by atoms with E-state index in [0.29, 0.717) is 0 Å². The van der Waals surface area contributed by atoms with Crippen LogP contribution in [0.1, 0.15) is 68.2 Å². The first-order valence-electron chi connectivity index (χ1n) is 11.2. The van der Waals surface area contributed by atoms with Crippen LogP contribution in [0, 0.1) is 0 Å². The summed E-state index contributed by atoms with van der Waals surface area (Å²) in [5, 5.41) is 0.307. The van der Waals surface area contributed by atoms with Crippen LogP contribution in [0.25, 0.3) is 0 Å². The van der Waals surface area contributed by atoms with Gasteiger partial charge in [-0.3, -0.25) is 0 Å². The summed E-state index contributed by atoms with van der Waals surface area (Å²) in [5.41, 5.74) is 0. The molecule has 0 aromatic heterocycles. The number of fused-ring (bicyclic) bond motifs is 1. The largest absolute Gasteiger partial charge is 0.411 e. The molecule has 0 radical (unpaired) electrons. The van der Waals surface area contributed by atoms with Gasteiger partial charge in [-0.1, -0.05) is 53.7 Å². The van der Waals surface area contributed by atoms with Gasteiger partial charge < -0.3 is 18.3 Å². The number of hydrogen-bond acceptors (Lipinski definition) is 4. The molecule has 0 N–H and O–H groups in total. The maximum Gasteiger partial charge on any atom is 0.192 e. The highest BCUT2D eigenvalue weighted by atomic mass is 28.4. The molecule has 1 heterocycles. The summed E-state index contributed by atoms with van der Waals surface area (Å²) in [6, 6.07) is 0. The number of hydrogen-bond donors (Lipinski definition) is 0. The third kappa shape index (κ3) is 5.83. The van der Waals surface area contributed by atoms with E-state index < -0.39 is 22.4 Å². The number of rotatable bonds is 4. The van der Waals surface area contributed by atoms with Crippen LogP contribution in [-0.2, 0) is 18.3 Å². The van der Waals surface area contributed by atoms with Gasteiger partial charge in [0.15, 0.2) is 22.4 Å². The Morgan fingerprint density at radius 2 is 1.03 bits per heavy atom. The second kappa shape index (κ2) is 8.17. The second-order valence-corrected chi connectivity index (χ2v) is 21.9. The molecular weight excluding hydrogens is 396 g/mol. The van der Waals surface area contributed by atoms with Crippen molar-refractivity contribution in [1.82, 2.24) is 0 Å². The van der Waals surface area contributed by atoms with E-state index in [1.54, 1.807) is 0 Å². The summed E-state index contributed by atoms with van der Waals surface area (Å²) in [4.78, 5) is 0. The van der Waals surface area contributed by atoms with Gasteiger partial charge in [-0.25, -0.2) is 0 Å². The van der Waals surface area contributed by atoms with Crippen molar-refractivity contribution in [3.8, 4) is 0 Å². The summed E-state index contributed by atoms with van der Waals surface area (Å²) in [5.74, 6) is -0.621. The summed E-state index contributed by atoms with van der Waals surface area (Å²) in [7, 11) is -3.88. The Morgan fingerprint density at radius 3 is 1.31 bits per heavy atom. The minimum atomic E-state index is -1.94. The Bertz CT molecular complexity index is 549. The lowest BCUT2D eigenvalue weighted by Gasteiger charge is -2.44. The summed E-state index contributed by atoms with van der Waals surface area (Å²) in [6.45, 7) is 27.0. The normalized spacial score (nSPS) is 32.4. The fourth-order valence-corrected chi connectivity index (χ4v) is 6.14. The highest BCUT2D eigenvalue weighted by Crippen LogP contribution is 2.44. The van der Waals surface area contributed by atoms with Crippen molar-refractivity contribution in [2.45, 2.75) is 135 Å². The van der Waals surface area contributed by atoms with Gasteiger partial charge in [0.25, 0.3) is 0 Å². The third-order valence-corrected chi connectivity index (χ3v) is 16.3. The van der Waals surface area contributed by atoms with Crippen LogP contribution >= 0.6 is 0 Å². The molecule has 0 unspecified atom stereocenters. The summed E-state index contributed by atoms with van der Waals surface area (Å²) >= 11 is 0. The van der Waals surface area contributed by atoms with Crippen LogP contribution < -0.4 is 0 Å². The van der Waals surface area contributed by atoms with Crippen molar-refractivity contribution in [2.24, 2.45) is 0 Å². The lowest BCUT2D eigenvalue weighted by Crippen LogP contribution is -2.54. The Balaban J connectivity index is 2.34. The molecule has 29 heavy (non-hydrogen) atoms. The highest BCUT2D eigenvalue weighted by molar-refractivity contribution is 6.74. The van der Waals surface area contributed by atoms with E-state index in [-0.39, 0.29) is 34.5 Å². The van der Waals surface area contributed by atoms with Crippen molar-refractivity contribution >= 4 is 16.6 Å². The molecule has 0 bridgehead atoms. The zero-order chi connectivity index (χ0) is 22.5. The standard InChI is InChI=1S/C23H46O4Si2/c1-21(2,3)28(9,10)26-17-15-13-14-16-18(27-29(11,12)22(4,5)6)20-19(17)24-23(7,8)25-20/h13-14,17-20H,15-16H2,1-12H3/b14-13-/t17-,18-,19-,20-/m1/s1. The summed E-state index contributed by atoms with van der Waals surface area (Å²) in [6.07, 6.45) is 5.99.